The Morgan fingerprint density at radius 1 is 1.21 bits per heavy atom. The molecule has 3 nitrogen and oxygen atoms in total. The molecule has 24 heavy (non-hydrogen) atoms. The molecule has 0 N–H and O–H groups in total. The van der Waals surface area contributed by atoms with Gasteiger partial charge < -0.3 is 4.74 Å². The van der Waals surface area contributed by atoms with Gasteiger partial charge in [-0.15, -0.1) is 22.7 Å². The zero-order valence-electron chi connectivity index (χ0n) is 14.1. The molecule has 0 fully saturated rings. The van der Waals surface area contributed by atoms with Gasteiger partial charge in [-0.05, 0) is 45.9 Å². The molecule has 0 atom stereocenters. The average molecular weight is 362 g/mol. The zero-order valence-corrected chi connectivity index (χ0v) is 15.7. The van der Waals surface area contributed by atoms with Crippen LogP contribution in [0.1, 0.15) is 35.1 Å². The van der Waals surface area contributed by atoms with Gasteiger partial charge in [-0.3, -0.25) is 0 Å². The minimum atomic E-state index is -0.258. The van der Waals surface area contributed by atoms with Crippen LogP contribution in [0.4, 0.5) is 4.39 Å². The standard InChI is InChI=1S/C18H19FN2OS2/c1-10(2)22-16-6-5-14(19)7-13(16)8-17-21-15(9-23-17)18-11(3)20-12(4)24-18/h5-7,9-10H,8H2,1-4H3. The molecule has 126 valence electrons. The fraction of sp³-hybridized carbons (Fsp3) is 0.333. The maximum atomic E-state index is 13.6. The Morgan fingerprint density at radius 2 is 2.00 bits per heavy atom. The molecule has 0 unspecified atom stereocenters. The van der Waals surface area contributed by atoms with Gasteiger partial charge in [0.05, 0.1) is 32.4 Å². The van der Waals surface area contributed by atoms with E-state index in [4.69, 9.17) is 9.72 Å². The fourth-order valence-corrected chi connectivity index (χ4v) is 4.25. The van der Waals surface area contributed by atoms with Crippen LogP contribution >= 0.6 is 22.7 Å². The zero-order chi connectivity index (χ0) is 17.3. The minimum absolute atomic E-state index is 0.0453. The highest BCUT2D eigenvalue weighted by Gasteiger charge is 2.14. The normalized spacial score (nSPS) is 11.2. The summed E-state index contributed by atoms with van der Waals surface area (Å²) in [5, 5.41) is 4.02. The largest absolute Gasteiger partial charge is 0.491 e. The second-order valence-corrected chi connectivity index (χ2v) is 8.02. The highest BCUT2D eigenvalue weighted by atomic mass is 32.1. The predicted octanol–water partition coefficient (Wildman–Crippen LogP) is 5.40. The molecule has 0 aliphatic carbocycles. The summed E-state index contributed by atoms with van der Waals surface area (Å²) in [7, 11) is 0. The van der Waals surface area contributed by atoms with Crippen molar-refractivity contribution in [2.24, 2.45) is 0 Å². The summed E-state index contributed by atoms with van der Waals surface area (Å²) in [4.78, 5) is 10.3. The van der Waals surface area contributed by atoms with Crippen molar-refractivity contribution in [2.75, 3.05) is 0 Å². The predicted molar refractivity (Wildman–Crippen MR) is 97.7 cm³/mol. The number of hydrogen-bond acceptors (Lipinski definition) is 5. The second-order valence-electron chi connectivity index (χ2n) is 5.87. The van der Waals surface area contributed by atoms with Crippen molar-refractivity contribution in [3.63, 3.8) is 0 Å². The molecule has 0 aliphatic rings. The molecule has 3 rings (SSSR count). The molecule has 0 radical (unpaired) electrons. The van der Waals surface area contributed by atoms with E-state index in [-0.39, 0.29) is 11.9 Å². The number of halogens is 1. The molecule has 2 aromatic heterocycles. The first-order valence-corrected chi connectivity index (χ1v) is 9.46. The van der Waals surface area contributed by atoms with Crippen LogP contribution in [-0.4, -0.2) is 16.1 Å². The van der Waals surface area contributed by atoms with Gasteiger partial charge in [0.15, 0.2) is 0 Å². The summed E-state index contributed by atoms with van der Waals surface area (Å²) in [6, 6.07) is 4.65. The number of aromatic nitrogens is 2. The Hall–Kier alpha value is -1.79. The van der Waals surface area contributed by atoms with Crippen LogP contribution < -0.4 is 4.74 Å². The number of benzene rings is 1. The van der Waals surface area contributed by atoms with Gasteiger partial charge >= 0.3 is 0 Å². The number of rotatable bonds is 5. The second kappa shape index (κ2) is 6.99. The molecule has 0 amide bonds. The molecule has 0 saturated heterocycles. The molecule has 6 heteroatoms. The van der Waals surface area contributed by atoms with E-state index in [1.807, 2.05) is 33.1 Å². The number of hydrogen-bond donors (Lipinski definition) is 0. The summed E-state index contributed by atoms with van der Waals surface area (Å²) in [6.07, 6.45) is 0.602. The van der Waals surface area contributed by atoms with Crippen molar-refractivity contribution in [1.29, 1.82) is 0 Å². The van der Waals surface area contributed by atoms with E-state index in [9.17, 15) is 4.39 Å². The van der Waals surface area contributed by atoms with Crippen molar-refractivity contribution in [1.82, 2.24) is 9.97 Å². The quantitative estimate of drug-likeness (QED) is 0.609. The lowest BCUT2D eigenvalue weighted by Gasteiger charge is -2.13. The van der Waals surface area contributed by atoms with Gasteiger partial charge in [0.2, 0.25) is 0 Å². The highest BCUT2D eigenvalue weighted by molar-refractivity contribution is 7.15. The Bertz CT molecular complexity index is 855. The van der Waals surface area contributed by atoms with E-state index < -0.39 is 0 Å². The van der Waals surface area contributed by atoms with E-state index >= 15 is 0 Å². The van der Waals surface area contributed by atoms with Crippen LogP contribution in [0.3, 0.4) is 0 Å². The van der Waals surface area contributed by atoms with Gasteiger partial charge in [0, 0.05) is 17.4 Å². The molecule has 0 spiro atoms. The van der Waals surface area contributed by atoms with Crippen molar-refractivity contribution in [2.45, 2.75) is 40.2 Å². The van der Waals surface area contributed by atoms with E-state index in [0.717, 1.165) is 31.8 Å². The van der Waals surface area contributed by atoms with E-state index in [0.29, 0.717) is 12.2 Å². The van der Waals surface area contributed by atoms with Crippen LogP contribution in [0.15, 0.2) is 23.6 Å². The molecule has 0 aliphatic heterocycles. The van der Waals surface area contributed by atoms with Crippen molar-refractivity contribution in [3.05, 3.63) is 50.7 Å². The van der Waals surface area contributed by atoms with Crippen molar-refractivity contribution < 1.29 is 9.13 Å². The monoisotopic (exact) mass is 362 g/mol. The number of nitrogens with zero attached hydrogens (tertiary/aromatic N) is 2. The SMILES string of the molecule is Cc1nc(C)c(-c2csc(Cc3cc(F)ccc3OC(C)C)n2)s1. The summed E-state index contributed by atoms with van der Waals surface area (Å²) in [5.41, 5.74) is 2.77. The molecule has 2 heterocycles. The molecule has 0 saturated carbocycles. The molecular formula is C18H19FN2OS2. The van der Waals surface area contributed by atoms with Crippen molar-refractivity contribution in [3.8, 4) is 16.3 Å². The smallest absolute Gasteiger partial charge is 0.123 e. The van der Waals surface area contributed by atoms with Crippen LogP contribution in [-0.2, 0) is 6.42 Å². The van der Waals surface area contributed by atoms with Gasteiger partial charge in [0.25, 0.3) is 0 Å². The Morgan fingerprint density at radius 3 is 2.67 bits per heavy atom. The fourth-order valence-electron chi connectivity index (χ4n) is 2.48. The number of thiazole rings is 2. The lowest BCUT2D eigenvalue weighted by atomic mass is 10.1. The van der Waals surface area contributed by atoms with Gasteiger partial charge in [0.1, 0.15) is 11.6 Å². The molecule has 0 bridgehead atoms. The number of aryl methyl sites for hydroxylation is 2. The molecule has 3 aromatic rings. The first-order valence-electron chi connectivity index (χ1n) is 7.76. The summed E-state index contributed by atoms with van der Waals surface area (Å²) in [5.74, 6) is 0.458. The molecule has 1 aromatic carbocycles. The highest BCUT2D eigenvalue weighted by Crippen LogP contribution is 2.32. The van der Waals surface area contributed by atoms with E-state index in [1.165, 1.54) is 12.1 Å². The number of ether oxygens (including phenoxy) is 1. The third-order valence-corrected chi connectivity index (χ3v) is 5.36. The minimum Gasteiger partial charge on any atom is -0.491 e. The summed E-state index contributed by atoms with van der Waals surface area (Å²) >= 11 is 3.23. The van der Waals surface area contributed by atoms with Crippen LogP contribution in [0.2, 0.25) is 0 Å². The van der Waals surface area contributed by atoms with E-state index in [1.54, 1.807) is 28.7 Å². The maximum absolute atomic E-state index is 13.6. The van der Waals surface area contributed by atoms with Crippen molar-refractivity contribution >= 4 is 22.7 Å². The van der Waals surface area contributed by atoms with Gasteiger partial charge in [-0.1, -0.05) is 0 Å². The third-order valence-electron chi connectivity index (χ3n) is 3.41. The van der Waals surface area contributed by atoms with E-state index in [2.05, 4.69) is 4.98 Å². The first kappa shape index (κ1) is 17.0. The summed E-state index contributed by atoms with van der Waals surface area (Å²) in [6.45, 7) is 7.92. The molecular weight excluding hydrogens is 343 g/mol. The third kappa shape index (κ3) is 3.82. The maximum Gasteiger partial charge on any atom is 0.123 e. The van der Waals surface area contributed by atoms with Gasteiger partial charge in [-0.25, -0.2) is 14.4 Å². The van der Waals surface area contributed by atoms with Crippen LogP contribution in [0, 0.1) is 19.7 Å². The lowest BCUT2D eigenvalue weighted by molar-refractivity contribution is 0.240. The summed E-state index contributed by atoms with van der Waals surface area (Å²) < 4.78 is 19.4. The Balaban J connectivity index is 1.87. The lowest BCUT2D eigenvalue weighted by Crippen LogP contribution is -2.08. The van der Waals surface area contributed by atoms with Crippen LogP contribution in [0.5, 0.6) is 5.75 Å². The Labute approximate surface area is 149 Å². The first-order chi connectivity index (χ1) is 11.4. The average Bonchev–Trinajstić information content (AvgIpc) is 3.08. The van der Waals surface area contributed by atoms with Crippen LogP contribution in [0.25, 0.3) is 10.6 Å². The van der Waals surface area contributed by atoms with Gasteiger partial charge in [-0.2, -0.15) is 0 Å². The topological polar surface area (TPSA) is 35.0 Å². The Kier molecular flexibility index (Phi) is 4.96.